The zero-order valence-electron chi connectivity index (χ0n) is 9.63. The molecule has 3 nitrogen and oxygen atoms in total. The third-order valence-corrected chi connectivity index (χ3v) is 2.45. The van der Waals surface area contributed by atoms with Gasteiger partial charge in [-0.25, -0.2) is 0 Å². The van der Waals surface area contributed by atoms with E-state index in [2.05, 4.69) is 11.9 Å². The van der Waals surface area contributed by atoms with Crippen molar-refractivity contribution in [3.8, 4) is 5.75 Å². The molecule has 3 heteroatoms. The number of nitrogens with one attached hydrogen (secondary N) is 1. The van der Waals surface area contributed by atoms with Crippen LogP contribution in [0.15, 0.2) is 36.2 Å². The molecule has 0 aromatic heterocycles. The van der Waals surface area contributed by atoms with Crippen LogP contribution in [0.1, 0.15) is 18.1 Å². The van der Waals surface area contributed by atoms with Crippen LogP contribution >= 0.6 is 0 Å². The van der Waals surface area contributed by atoms with Crippen LogP contribution in [0.3, 0.4) is 0 Å². The molecule has 3 N–H and O–H groups in total. The number of benzene rings is 1. The number of allylic oxidation sites excluding steroid dienone is 1. The van der Waals surface area contributed by atoms with E-state index in [0.717, 1.165) is 22.7 Å². The fourth-order valence-corrected chi connectivity index (χ4v) is 1.72. The molecule has 0 radical (unpaired) electrons. The highest BCUT2D eigenvalue weighted by Crippen LogP contribution is 2.31. The summed E-state index contributed by atoms with van der Waals surface area (Å²) < 4.78 is 5.58. The van der Waals surface area contributed by atoms with Crippen LogP contribution in [0.25, 0.3) is 5.70 Å². The summed E-state index contributed by atoms with van der Waals surface area (Å²) in [5.41, 5.74) is 10.6. The van der Waals surface area contributed by atoms with Crippen molar-refractivity contribution < 1.29 is 4.74 Å². The van der Waals surface area contributed by atoms with Crippen LogP contribution in [0, 0.1) is 6.92 Å². The van der Waals surface area contributed by atoms with E-state index in [1.165, 1.54) is 5.56 Å². The molecule has 0 atom stereocenters. The van der Waals surface area contributed by atoms with Crippen LogP contribution in [-0.2, 0) is 0 Å². The zero-order chi connectivity index (χ0) is 11.7. The van der Waals surface area contributed by atoms with Crippen molar-refractivity contribution in [2.75, 3.05) is 6.61 Å². The average molecular weight is 216 g/mol. The quantitative estimate of drug-likeness (QED) is 0.796. The lowest BCUT2D eigenvalue weighted by Crippen LogP contribution is -2.24. The average Bonchev–Trinajstić information content (AvgIpc) is 2.22. The van der Waals surface area contributed by atoms with Gasteiger partial charge >= 0.3 is 0 Å². The Morgan fingerprint density at radius 1 is 1.50 bits per heavy atom. The van der Waals surface area contributed by atoms with Crippen LogP contribution in [0.4, 0.5) is 0 Å². The number of aryl methyl sites for hydroxylation is 1. The molecule has 1 aromatic carbocycles. The van der Waals surface area contributed by atoms with E-state index in [9.17, 15) is 0 Å². The molecule has 16 heavy (non-hydrogen) atoms. The first-order chi connectivity index (χ1) is 7.58. The molecule has 84 valence electrons. The second kappa shape index (κ2) is 3.93. The van der Waals surface area contributed by atoms with E-state index in [4.69, 9.17) is 10.5 Å². The third-order valence-electron chi connectivity index (χ3n) is 2.45. The molecule has 1 heterocycles. The van der Waals surface area contributed by atoms with Crippen LogP contribution in [0.5, 0.6) is 5.75 Å². The lowest BCUT2D eigenvalue weighted by atomic mass is 10.0. The molecule has 0 unspecified atom stereocenters. The van der Waals surface area contributed by atoms with Gasteiger partial charge in [-0.15, -0.1) is 0 Å². The van der Waals surface area contributed by atoms with E-state index in [0.29, 0.717) is 12.3 Å². The first-order valence-corrected chi connectivity index (χ1v) is 5.23. The Labute approximate surface area is 95.6 Å². The highest BCUT2D eigenvalue weighted by atomic mass is 16.5. The Hall–Kier alpha value is -1.90. The highest BCUT2D eigenvalue weighted by molar-refractivity contribution is 5.74. The van der Waals surface area contributed by atoms with Crippen molar-refractivity contribution >= 4 is 5.70 Å². The van der Waals surface area contributed by atoms with Gasteiger partial charge in [0.2, 0.25) is 0 Å². The Morgan fingerprint density at radius 3 is 2.94 bits per heavy atom. The minimum atomic E-state index is 0.423. The largest absolute Gasteiger partial charge is 0.487 e. The van der Waals surface area contributed by atoms with E-state index >= 15 is 0 Å². The Balaban J connectivity index is 2.47. The topological polar surface area (TPSA) is 47.3 Å². The summed E-state index contributed by atoms with van der Waals surface area (Å²) in [4.78, 5) is 0. The summed E-state index contributed by atoms with van der Waals surface area (Å²) in [6, 6.07) is 6.07. The molecule has 1 aliphatic rings. The Morgan fingerprint density at radius 2 is 2.25 bits per heavy atom. The summed E-state index contributed by atoms with van der Waals surface area (Å²) in [6.07, 6.45) is 0. The number of nitrogens with two attached hydrogens (primary N) is 1. The van der Waals surface area contributed by atoms with Crippen molar-refractivity contribution in [1.29, 1.82) is 0 Å². The SMILES string of the molecule is C=C(C)NC1=C(N)COc2cc(C)ccc21. The number of hydrogen-bond donors (Lipinski definition) is 2. The summed E-state index contributed by atoms with van der Waals surface area (Å²) in [5.74, 6) is 0.873. The van der Waals surface area contributed by atoms with Crippen molar-refractivity contribution in [3.05, 3.63) is 47.3 Å². The molecule has 1 aliphatic heterocycles. The highest BCUT2D eigenvalue weighted by Gasteiger charge is 2.18. The first kappa shape index (κ1) is 10.6. The molecule has 2 rings (SSSR count). The van der Waals surface area contributed by atoms with Crippen LogP contribution < -0.4 is 15.8 Å². The van der Waals surface area contributed by atoms with Crippen LogP contribution in [0.2, 0.25) is 0 Å². The van der Waals surface area contributed by atoms with Gasteiger partial charge in [0.25, 0.3) is 0 Å². The van der Waals surface area contributed by atoms with Gasteiger partial charge in [-0.05, 0) is 31.5 Å². The first-order valence-electron chi connectivity index (χ1n) is 5.23. The fraction of sp³-hybridized carbons (Fsp3) is 0.231. The minimum Gasteiger partial charge on any atom is -0.487 e. The normalized spacial score (nSPS) is 14.1. The van der Waals surface area contributed by atoms with Crippen molar-refractivity contribution in [2.24, 2.45) is 5.73 Å². The molecule has 0 aliphatic carbocycles. The zero-order valence-corrected chi connectivity index (χ0v) is 9.63. The monoisotopic (exact) mass is 216 g/mol. The number of ether oxygens (including phenoxy) is 1. The summed E-state index contributed by atoms with van der Waals surface area (Å²) in [5, 5.41) is 3.19. The standard InChI is InChI=1S/C13H16N2O/c1-8(2)15-13-10-5-4-9(3)6-12(10)16-7-11(13)14/h4-6,15H,1,7,14H2,2-3H3. The molecule has 0 amide bonds. The molecular weight excluding hydrogens is 200 g/mol. The Kier molecular flexibility index (Phi) is 2.60. The maximum Gasteiger partial charge on any atom is 0.130 e. The number of hydrogen-bond acceptors (Lipinski definition) is 3. The van der Waals surface area contributed by atoms with Crippen molar-refractivity contribution in [2.45, 2.75) is 13.8 Å². The van der Waals surface area contributed by atoms with E-state index in [-0.39, 0.29) is 0 Å². The van der Waals surface area contributed by atoms with E-state index in [1.807, 2.05) is 32.0 Å². The molecule has 1 aromatic rings. The smallest absolute Gasteiger partial charge is 0.130 e. The lowest BCUT2D eigenvalue weighted by Gasteiger charge is -2.23. The third kappa shape index (κ3) is 1.89. The summed E-state index contributed by atoms with van der Waals surface area (Å²) in [7, 11) is 0. The van der Waals surface area contributed by atoms with Gasteiger partial charge in [-0.3, -0.25) is 0 Å². The molecular formula is C13H16N2O. The van der Waals surface area contributed by atoms with Gasteiger partial charge in [0.15, 0.2) is 0 Å². The number of rotatable bonds is 2. The predicted octanol–water partition coefficient (Wildman–Crippen LogP) is 2.14. The lowest BCUT2D eigenvalue weighted by molar-refractivity contribution is 0.343. The predicted molar refractivity (Wildman–Crippen MR) is 65.7 cm³/mol. The number of fused-ring (bicyclic) bond motifs is 1. The minimum absolute atomic E-state index is 0.423. The molecule has 0 bridgehead atoms. The van der Waals surface area contributed by atoms with Crippen LogP contribution in [-0.4, -0.2) is 6.61 Å². The molecule has 0 saturated carbocycles. The Bertz CT molecular complexity index is 475. The van der Waals surface area contributed by atoms with Gasteiger partial charge in [-0.2, -0.15) is 0 Å². The van der Waals surface area contributed by atoms with Gasteiger partial charge in [0.05, 0.1) is 11.4 Å². The molecule has 0 saturated heterocycles. The van der Waals surface area contributed by atoms with Crippen molar-refractivity contribution in [3.63, 3.8) is 0 Å². The molecule has 0 fully saturated rings. The van der Waals surface area contributed by atoms with Gasteiger partial charge in [-0.1, -0.05) is 12.6 Å². The van der Waals surface area contributed by atoms with E-state index < -0.39 is 0 Å². The summed E-state index contributed by atoms with van der Waals surface area (Å²) >= 11 is 0. The maximum atomic E-state index is 5.93. The summed E-state index contributed by atoms with van der Waals surface area (Å²) in [6.45, 7) is 8.20. The molecule has 0 spiro atoms. The maximum absolute atomic E-state index is 5.93. The second-order valence-electron chi connectivity index (χ2n) is 4.09. The van der Waals surface area contributed by atoms with Gasteiger partial charge in [0, 0.05) is 11.3 Å². The van der Waals surface area contributed by atoms with Crippen molar-refractivity contribution in [1.82, 2.24) is 5.32 Å². The van der Waals surface area contributed by atoms with Gasteiger partial charge in [0.1, 0.15) is 12.4 Å². The fourth-order valence-electron chi connectivity index (χ4n) is 1.72. The second-order valence-corrected chi connectivity index (χ2v) is 4.09. The van der Waals surface area contributed by atoms with Gasteiger partial charge < -0.3 is 15.8 Å². The van der Waals surface area contributed by atoms with E-state index in [1.54, 1.807) is 0 Å².